The lowest BCUT2D eigenvalue weighted by Gasteiger charge is -2.59. The Morgan fingerprint density at radius 1 is 0.973 bits per heavy atom. The summed E-state index contributed by atoms with van der Waals surface area (Å²) in [6.07, 6.45) is 10.5. The molecule has 6 rings (SSSR count). The molecular formula is C31H51NO5. The van der Waals surface area contributed by atoms with E-state index in [9.17, 15) is 15.0 Å². The Hall–Kier alpha value is -0.850. The van der Waals surface area contributed by atoms with Gasteiger partial charge in [0.15, 0.2) is 6.10 Å². The van der Waals surface area contributed by atoms with Crippen LogP contribution >= 0.6 is 0 Å². The van der Waals surface area contributed by atoms with Crippen LogP contribution in [0, 0.1) is 45.3 Å². The molecule has 1 aliphatic heterocycles. The summed E-state index contributed by atoms with van der Waals surface area (Å²) < 4.78 is 12.6. The maximum atomic E-state index is 12.4. The van der Waals surface area contributed by atoms with E-state index in [-0.39, 0.29) is 23.7 Å². The van der Waals surface area contributed by atoms with Crippen molar-refractivity contribution in [2.24, 2.45) is 45.3 Å². The first-order chi connectivity index (χ1) is 17.2. The van der Waals surface area contributed by atoms with E-state index in [1.54, 1.807) is 27.9 Å². The Kier molecular flexibility index (Phi) is 5.77. The maximum absolute atomic E-state index is 12.4. The van der Waals surface area contributed by atoms with Crippen molar-refractivity contribution in [3.05, 3.63) is 0 Å². The molecule has 6 nitrogen and oxygen atoms in total. The third-order valence-corrected chi connectivity index (χ3v) is 13.2. The number of ether oxygens (including phenoxy) is 2. The summed E-state index contributed by atoms with van der Waals surface area (Å²) in [4.78, 5) is 13.8. The molecule has 5 aliphatic carbocycles. The number of aliphatic hydroxyl groups is 2. The summed E-state index contributed by atoms with van der Waals surface area (Å²) in [7, 11) is 3.35. The van der Waals surface area contributed by atoms with E-state index in [4.69, 9.17) is 9.47 Å². The van der Waals surface area contributed by atoms with Crippen molar-refractivity contribution in [2.45, 2.75) is 129 Å². The van der Waals surface area contributed by atoms with Gasteiger partial charge in [-0.15, -0.1) is 0 Å². The molecule has 0 aromatic heterocycles. The summed E-state index contributed by atoms with van der Waals surface area (Å²) >= 11 is 0. The van der Waals surface area contributed by atoms with E-state index < -0.39 is 17.8 Å². The van der Waals surface area contributed by atoms with Gasteiger partial charge in [0.1, 0.15) is 0 Å². The zero-order valence-corrected chi connectivity index (χ0v) is 24.3. The highest BCUT2D eigenvalue weighted by molar-refractivity contribution is 5.67. The standard InChI is InChI=1S/C31H51NO5/c1-27(2)23-11-9-18-20-16-22-19(8-10-21(36-22)25(28(3,4)35)37-26(34)32(6)7)29(20,5)14-15-30(18)17-31(23,30)13-12-24(27)33/h18-25,33,35H,8-17H2,1-7H3/t18?,19?,20?,21?,22?,23?,24-,25-,29?,30?,31?/m0/s1. The summed E-state index contributed by atoms with van der Waals surface area (Å²) in [5, 5.41) is 21.8. The second-order valence-corrected chi connectivity index (χ2v) is 15.7. The van der Waals surface area contributed by atoms with Crippen LogP contribution in [-0.4, -0.2) is 65.3 Å². The predicted octanol–water partition coefficient (Wildman–Crippen LogP) is 5.39. The molecular weight excluding hydrogens is 466 g/mol. The number of fused-ring (bicyclic) bond motifs is 4. The van der Waals surface area contributed by atoms with E-state index in [1.165, 1.54) is 43.4 Å². The third kappa shape index (κ3) is 3.49. The first-order valence-corrected chi connectivity index (χ1v) is 15.1. The van der Waals surface area contributed by atoms with Gasteiger partial charge in [0, 0.05) is 14.1 Å². The number of hydrogen-bond acceptors (Lipinski definition) is 5. The molecule has 2 spiro atoms. The largest absolute Gasteiger partial charge is 0.440 e. The number of rotatable bonds is 3. The van der Waals surface area contributed by atoms with Crippen LogP contribution in [0.25, 0.3) is 0 Å². The first-order valence-electron chi connectivity index (χ1n) is 15.1. The number of aliphatic hydroxyl groups excluding tert-OH is 1. The Bertz CT molecular complexity index is 942. The lowest BCUT2D eigenvalue weighted by atomic mass is 9.46. The molecule has 6 fully saturated rings. The highest BCUT2D eigenvalue weighted by atomic mass is 16.6. The molecule has 0 radical (unpaired) electrons. The molecule has 210 valence electrons. The topological polar surface area (TPSA) is 79.2 Å². The Morgan fingerprint density at radius 3 is 2.35 bits per heavy atom. The molecule has 5 saturated carbocycles. The average molecular weight is 518 g/mol. The summed E-state index contributed by atoms with van der Waals surface area (Å²) in [5.74, 6) is 2.68. The van der Waals surface area contributed by atoms with Crippen molar-refractivity contribution >= 4 is 6.09 Å². The molecule has 1 heterocycles. The Morgan fingerprint density at radius 2 is 1.68 bits per heavy atom. The van der Waals surface area contributed by atoms with Gasteiger partial charge in [-0.25, -0.2) is 4.79 Å². The molecule has 1 amide bonds. The second kappa shape index (κ2) is 8.10. The van der Waals surface area contributed by atoms with Crippen molar-refractivity contribution in [2.75, 3.05) is 14.1 Å². The van der Waals surface area contributed by atoms with Crippen LogP contribution < -0.4 is 0 Å². The molecule has 2 N–H and O–H groups in total. The monoisotopic (exact) mass is 517 g/mol. The van der Waals surface area contributed by atoms with Crippen molar-refractivity contribution in [1.82, 2.24) is 4.90 Å². The van der Waals surface area contributed by atoms with Crippen LogP contribution in [0.3, 0.4) is 0 Å². The van der Waals surface area contributed by atoms with Gasteiger partial charge >= 0.3 is 6.09 Å². The SMILES string of the molecule is CN(C)C(=O)O[C@@H](C1CCC2C(CC3C4CCC5C(C)(C)[C@@H](O)CCC56CC46CCC23C)O1)C(C)(C)O. The number of amides is 1. The normalized spacial score (nSPS) is 50.5. The predicted molar refractivity (Wildman–Crippen MR) is 142 cm³/mol. The molecule has 9 unspecified atom stereocenters. The van der Waals surface area contributed by atoms with E-state index in [0.29, 0.717) is 34.0 Å². The first kappa shape index (κ1) is 26.4. The molecule has 6 aliphatic rings. The fourth-order valence-electron chi connectivity index (χ4n) is 11.4. The van der Waals surface area contributed by atoms with Gasteiger partial charge in [-0.3, -0.25) is 0 Å². The van der Waals surface area contributed by atoms with Crippen molar-refractivity contribution < 1.29 is 24.5 Å². The number of carbonyl (C=O) groups is 1. The van der Waals surface area contributed by atoms with Crippen LogP contribution in [0.4, 0.5) is 4.79 Å². The van der Waals surface area contributed by atoms with Crippen LogP contribution in [0.15, 0.2) is 0 Å². The van der Waals surface area contributed by atoms with E-state index in [2.05, 4.69) is 20.8 Å². The average Bonchev–Trinajstić information content (AvgIpc) is 3.39. The minimum absolute atomic E-state index is 0.0313. The van der Waals surface area contributed by atoms with Crippen molar-refractivity contribution in [1.29, 1.82) is 0 Å². The van der Waals surface area contributed by atoms with Crippen LogP contribution in [0.1, 0.15) is 98.8 Å². The van der Waals surface area contributed by atoms with Gasteiger partial charge < -0.3 is 24.6 Å². The maximum Gasteiger partial charge on any atom is 0.409 e. The zero-order valence-electron chi connectivity index (χ0n) is 24.3. The smallest absolute Gasteiger partial charge is 0.409 e. The lowest BCUT2D eigenvalue weighted by Crippen LogP contribution is -2.55. The van der Waals surface area contributed by atoms with Gasteiger partial charge in [-0.2, -0.15) is 0 Å². The fraction of sp³-hybridized carbons (Fsp3) is 0.968. The van der Waals surface area contributed by atoms with Gasteiger partial charge in [-0.1, -0.05) is 20.8 Å². The van der Waals surface area contributed by atoms with Crippen molar-refractivity contribution in [3.8, 4) is 0 Å². The second-order valence-electron chi connectivity index (χ2n) is 15.7. The third-order valence-electron chi connectivity index (χ3n) is 13.2. The van der Waals surface area contributed by atoms with E-state index in [0.717, 1.165) is 31.6 Å². The van der Waals surface area contributed by atoms with Crippen LogP contribution in [-0.2, 0) is 9.47 Å². The Labute approximate surface area is 223 Å². The van der Waals surface area contributed by atoms with Crippen LogP contribution in [0.5, 0.6) is 0 Å². The lowest BCUT2D eigenvalue weighted by molar-refractivity contribution is -0.179. The fourth-order valence-corrected chi connectivity index (χ4v) is 11.4. The van der Waals surface area contributed by atoms with Crippen LogP contribution in [0.2, 0.25) is 0 Å². The van der Waals surface area contributed by atoms with E-state index in [1.807, 2.05) is 0 Å². The minimum atomic E-state index is -1.17. The quantitative estimate of drug-likeness (QED) is 0.525. The number of hydrogen-bond donors (Lipinski definition) is 2. The number of carbonyl (C=O) groups excluding carboxylic acids is 1. The Balaban J connectivity index is 1.23. The molecule has 11 atom stereocenters. The van der Waals surface area contributed by atoms with E-state index >= 15 is 0 Å². The van der Waals surface area contributed by atoms with Gasteiger partial charge in [0.25, 0.3) is 0 Å². The molecule has 0 aromatic carbocycles. The molecule has 0 bridgehead atoms. The zero-order chi connectivity index (χ0) is 26.8. The highest BCUT2D eigenvalue weighted by Crippen LogP contribution is 2.87. The molecule has 0 aromatic rings. The van der Waals surface area contributed by atoms with Gasteiger partial charge in [0.2, 0.25) is 0 Å². The molecule has 6 heteroatoms. The molecule has 1 saturated heterocycles. The summed E-state index contributed by atoms with van der Waals surface area (Å²) in [6.45, 7) is 10.7. The van der Waals surface area contributed by atoms with Gasteiger partial charge in [0.05, 0.1) is 23.9 Å². The minimum Gasteiger partial charge on any atom is -0.440 e. The number of nitrogens with zero attached hydrogens (tertiary/aromatic N) is 1. The van der Waals surface area contributed by atoms with Crippen molar-refractivity contribution in [3.63, 3.8) is 0 Å². The van der Waals surface area contributed by atoms with Gasteiger partial charge in [-0.05, 0) is 123 Å². The summed E-state index contributed by atoms with van der Waals surface area (Å²) in [6, 6.07) is 0. The summed E-state index contributed by atoms with van der Waals surface area (Å²) in [5.41, 5.74) is 0.129. The highest BCUT2D eigenvalue weighted by Gasteiger charge is 2.80. The molecule has 37 heavy (non-hydrogen) atoms.